The van der Waals surface area contributed by atoms with Crippen LogP contribution in [0.2, 0.25) is 0 Å². The van der Waals surface area contributed by atoms with Gasteiger partial charge in [0.25, 0.3) is 0 Å². The third-order valence-corrected chi connectivity index (χ3v) is 5.86. The molecule has 3 heterocycles. The van der Waals surface area contributed by atoms with Gasteiger partial charge in [-0.15, -0.1) is 0 Å². The van der Waals surface area contributed by atoms with Gasteiger partial charge in [-0.2, -0.15) is 0 Å². The van der Waals surface area contributed by atoms with Crippen molar-refractivity contribution in [3.63, 3.8) is 0 Å². The van der Waals surface area contributed by atoms with E-state index in [1.807, 2.05) is 12.3 Å². The second-order valence-electron chi connectivity index (χ2n) is 9.84. The van der Waals surface area contributed by atoms with Gasteiger partial charge >= 0.3 is 0 Å². The molecule has 32 heavy (non-hydrogen) atoms. The fourth-order valence-electron chi connectivity index (χ4n) is 4.30. The van der Waals surface area contributed by atoms with Crippen LogP contribution < -0.4 is 0 Å². The van der Waals surface area contributed by atoms with Gasteiger partial charge in [0.1, 0.15) is 5.58 Å². The number of hydrogen-bond acceptors (Lipinski definition) is 3. The molecule has 3 nitrogen and oxygen atoms in total. The molecule has 160 valence electrons. The van der Waals surface area contributed by atoms with E-state index < -0.39 is 0 Å². The van der Waals surface area contributed by atoms with Gasteiger partial charge in [-0.05, 0) is 59.7 Å². The monoisotopic (exact) mass is 420 g/mol. The Morgan fingerprint density at radius 1 is 0.875 bits per heavy atom. The summed E-state index contributed by atoms with van der Waals surface area (Å²) < 4.78 is 6.34. The van der Waals surface area contributed by atoms with Gasteiger partial charge in [-0.25, -0.2) is 4.98 Å². The maximum absolute atomic E-state index is 6.34. The summed E-state index contributed by atoms with van der Waals surface area (Å²) in [5.41, 5.74) is 8.52. The predicted octanol–water partition coefficient (Wildman–Crippen LogP) is 7.53. The molecule has 0 saturated carbocycles. The first-order valence-electron chi connectivity index (χ1n) is 11.2. The molecule has 0 fully saturated rings. The number of pyridine rings is 2. The van der Waals surface area contributed by atoms with Gasteiger partial charge in [-0.1, -0.05) is 63.2 Å². The van der Waals surface area contributed by atoms with Gasteiger partial charge in [0, 0.05) is 34.6 Å². The second-order valence-corrected chi connectivity index (χ2v) is 9.84. The average Bonchev–Trinajstić information content (AvgIpc) is 3.13. The van der Waals surface area contributed by atoms with Crippen molar-refractivity contribution >= 4 is 22.1 Å². The Balaban J connectivity index is 1.59. The molecule has 3 heteroatoms. The van der Waals surface area contributed by atoms with Crippen LogP contribution in [0.15, 0.2) is 77.3 Å². The minimum Gasteiger partial charge on any atom is -0.437 e. The molecule has 0 bridgehead atoms. The van der Waals surface area contributed by atoms with E-state index in [4.69, 9.17) is 14.4 Å². The van der Waals surface area contributed by atoms with Crippen molar-refractivity contribution in [2.24, 2.45) is 5.41 Å². The number of furan rings is 1. The maximum atomic E-state index is 6.34. The van der Waals surface area contributed by atoms with Crippen LogP contribution in [0.4, 0.5) is 0 Å². The van der Waals surface area contributed by atoms with Gasteiger partial charge < -0.3 is 4.42 Å². The molecule has 0 radical (unpaired) electrons. The highest BCUT2D eigenvalue weighted by Crippen LogP contribution is 2.35. The van der Waals surface area contributed by atoms with Crippen LogP contribution in [-0.2, 0) is 12.8 Å². The summed E-state index contributed by atoms with van der Waals surface area (Å²) >= 11 is 0. The van der Waals surface area contributed by atoms with Gasteiger partial charge in [0.05, 0.1) is 5.69 Å². The van der Waals surface area contributed by atoms with Crippen LogP contribution in [0.3, 0.4) is 0 Å². The zero-order valence-corrected chi connectivity index (χ0v) is 19.1. The lowest BCUT2D eigenvalue weighted by Gasteiger charge is -2.20. The smallest absolute Gasteiger partial charge is 0.227 e. The molecule has 0 amide bonds. The maximum Gasteiger partial charge on any atom is 0.227 e. The number of nitrogens with zero attached hydrogens (tertiary/aromatic N) is 2. The summed E-state index contributed by atoms with van der Waals surface area (Å²) in [6.07, 6.45) is 3.78. The normalized spacial score (nSPS) is 12.0. The number of aromatic nitrogens is 2. The predicted molar refractivity (Wildman–Crippen MR) is 132 cm³/mol. The van der Waals surface area contributed by atoms with E-state index in [1.54, 1.807) is 0 Å². The highest BCUT2D eigenvalue weighted by Gasteiger charge is 2.17. The van der Waals surface area contributed by atoms with E-state index >= 15 is 0 Å². The quantitative estimate of drug-likeness (QED) is 0.302. The van der Waals surface area contributed by atoms with Crippen LogP contribution in [-0.4, -0.2) is 9.97 Å². The molecule has 0 spiro atoms. The number of hydrogen-bond donors (Lipinski definition) is 0. The van der Waals surface area contributed by atoms with E-state index in [9.17, 15) is 0 Å². The molecule has 0 aliphatic rings. The van der Waals surface area contributed by atoms with E-state index in [-0.39, 0.29) is 5.41 Å². The molecule has 0 atom stereocenters. The number of rotatable bonds is 4. The van der Waals surface area contributed by atoms with E-state index in [0.717, 1.165) is 46.1 Å². The van der Waals surface area contributed by atoms with Crippen LogP contribution >= 0.6 is 0 Å². The molecule has 3 aromatic heterocycles. The highest BCUT2D eigenvalue weighted by molar-refractivity contribution is 6.08. The van der Waals surface area contributed by atoms with Crippen molar-refractivity contribution in [3.05, 3.63) is 95.3 Å². The molecule has 0 saturated heterocycles. The number of benzene rings is 2. The van der Waals surface area contributed by atoms with Crippen LogP contribution in [0.25, 0.3) is 33.3 Å². The summed E-state index contributed by atoms with van der Waals surface area (Å²) in [5.74, 6) is 0. The van der Waals surface area contributed by atoms with Crippen LogP contribution in [0.1, 0.15) is 43.2 Å². The fraction of sp³-hybridized carbons (Fsp3) is 0.241. The van der Waals surface area contributed by atoms with Crippen molar-refractivity contribution in [1.82, 2.24) is 9.97 Å². The van der Waals surface area contributed by atoms with Crippen molar-refractivity contribution in [2.45, 2.75) is 40.5 Å². The van der Waals surface area contributed by atoms with Crippen molar-refractivity contribution < 1.29 is 4.42 Å². The standard InChI is InChI=1S/C29H28N2O/c1-19-18-30-26(16-21(19)17-29(2,3)4)25-12-8-11-23-24-14-13-22(31-28(24)32-27(23)25)15-20-9-6-5-7-10-20/h5-14,16,18H,15,17H2,1-4H3. The lowest BCUT2D eigenvalue weighted by molar-refractivity contribution is 0.410. The van der Waals surface area contributed by atoms with E-state index in [2.05, 4.69) is 88.4 Å². The molecule has 0 unspecified atom stereocenters. The largest absolute Gasteiger partial charge is 0.437 e. The Hall–Kier alpha value is -3.46. The molecule has 2 aromatic carbocycles. The first-order valence-corrected chi connectivity index (χ1v) is 11.2. The Labute approximate surface area is 189 Å². The molecule has 5 rings (SSSR count). The molecular formula is C29H28N2O. The number of aryl methyl sites for hydroxylation is 1. The van der Waals surface area contributed by atoms with Crippen molar-refractivity contribution in [2.75, 3.05) is 0 Å². The Morgan fingerprint density at radius 2 is 1.69 bits per heavy atom. The third kappa shape index (κ3) is 4.03. The zero-order valence-electron chi connectivity index (χ0n) is 19.1. The van der Waals surface area contributed by atoms with Crippen molar-refractivity contribution in [1.29, 1.82) is 0 Å². The SMILES string of the molecule is Cc1cnc(-c2cccc3c2oc2nc(Cc4ccccc4)ccc23)cc1CC(C)(C)C. The topological polar surface area (TPSA) is 38.9 Å². The van der Waals surface area contributed by atoms with Gasteiger partial charge in [0.2, 0.25) is 5.71 Å². The van der Waals surface area contributed by atoms with Crippen molar-refractivity contribution in [3.8, 4) is 11.3 Å². The van der Waals surface area contributed by atoms with Gasteiger partial charge in [0.15, 0.2) is 0 Å². The Kier molecular flexibility index (Phi) is 5.05. The average molecular weight is 421 g/mol. The molecule has 0 aliphatic heterocycles. The molecular weight excluding hydrogens is 392 g/mol. The second kappa shape index (κ2) is 7.90. The van der Waals surface area contributed by atoms with Crippen LogP contribution in [0.5, 0.6) is 0 Å². The Morgan fingerprint density at radius 3 is 2.47 bits per heavy atom. The van der Waals surface area contributed by atoms with E-state index in [1.165, 1.54) is 16.7 Å². The number of para-hydroxylation sites is 1. The summed E-state index contributed by atoms with van der Waals surface area (Å²) in [7, 11) is 0. The summed E-state index contributed by atoms with van der Waals surface area (Å²) in [6, 6.07) is 23.1. The summed E-state index contributed by atoms with van der Waals surface area (Å²) in [6.45, 7) is 8.94. The zero-order chi connectivity index (χ0) is 22.3. The van der Waals surface area contributed by atoms with Gasteiger partial charge in [-0.3, -0.25) is 4.98 Å². The number of fused-ring (bicyclic) bond motifs is 3. The highest BCUT2D eigenvalue weighted by atomic mass is 16.3. The lowest BCUT2D eigenvalue weighted by atomic mass is 9.86. The minimum atomic E-state index is 0.216. The van der Waals surface area contributed by atoms with Crippen LogP contribution in [0, 0.1) is 12.3 Å². The lowest BCUT2D eigenvalue weighted by Crippen LogP contribution is -2.10. The fourth-order valence-corrected chi connectivity index (χ4v) is 4.30. The molecule has 0 N–H and O–H groups in total. The third-order valence-electron chi connectivity index (χ3n) is 5.86. The first kappa shape index (κ1) is 20.4. The first-order chi connectivity index (χ1) is 15.4. The summed E-state index contributed by atoms with van der Waals surface area (Å²) in [5, 5.41) is 2.12. The van der Waals surface area contributed by atoms with E-state index in [0.29, 0.717) is 5.71 Å². The minimum absolute atomic E-state index is 0.216. The molecule has 5 aromatic rings. The molecule has 0 aliphatic carbocycles. The summed E-state index contributed by atoms with van der Waals surface area (Å²) in [4.78, 5) is 9.59. The Bertz CT molecular complexity index is 1410.